The van der Waals surface area contributed by atoms with Gasteiger partial charge in [-0.1, -0.05) is 0 Å². The minimum Gasteiger partial charge on any atom is -0.479 e. The smallest absolute Gasteiger partial charge is 0.288 e. The van der Waals surface area contributed by atoms with Crippen molar-refractivity contribution >= 4 is 42.1 Å². The summed E-state index contributed by atoms with van der Waals surface area (Å²) in [5, 5.41) is 3.18. The Bertz CT molecular complexity index is 200. The fourth-order valence-corrected chi connectivity index (χ4v) is 1.98. The van der Waals surface area contributed by atoms with Gasteiger partial charge in [-0.25, -0.2) is 0 Å². The molecule has 0 aromatic rings. The minimum atomic E-state index is -0.924. The number of piperazine rings is 1. The lowest BCUT2D eigenvalue weighted by molar-refractivity contribution is -0.123. The molecule has 0 saturated carbocycles. The molecule has 1 amide bonds. The summed E-state index contributed by atoms with van der Waals surface area (Å²) in [7, 11) is 0. The van der Waals surface area contributed by atoms with Gasteiger partial charge in [0.15, 0.2) is 5.80 Å². The largest absolute Gasteiger partial charge is 0.479 e. The summed E-state index contributed by atoms with van der Waals surface area (Å²) in [6.45, 7) is 3.31. The van der Waals surface area contributed by atoms with Crippen LogP contribution in [-0.4, -0.2) is 42.8 Å². The second-order valence-corrected chi connectivity index (χ2v) is 6.66. The van der Waals surface area contributed by atoms with Gasteiger partial charge in [-0.15, -0.1) is 0 Å². The number of hydrogen-bond acceptors (Lipinski definition) is 4. The van der Waals surface area contributed by atoms with Crippen molar-refractivity contribution < 1.29 is 4.79 Å². The van der Waals surface area contributed by atoms with E-state index in [1.165, 1.54) is 5.80 Å². The molecule has 1 heterocycles. The van der Waals surface area contributed by atoms with E-state index < -0.39 is 5.95 Å². The predicted molar refractivity (Wildman–Crippen MR) is 58.8 cm³/mol. The molecule has 6 heteroatoms. The Morgan fingerprint density at radius 3 is 2.67 bits per heavy atom. The maximum atomic E-state index is 11.4. The van der Waals surface area contributed by atoms with Gasteiger partial charge in [-0.3, -0.25) is 4.79 Å². The number of hydrogen-bond donors (Lipinski definition) is 2. The van der Waals surface area contributed by atoms with Crippen LogP contribution < -0.4 is 5.32 Å². The number of carbonyl (C=O) groups is 1. The second kappa shape index (κ2) is 5.12. The van der Waals surface area contributed by atoms with Crippen LogP contribution in [0.4, 0.5) is 0 Å². The van der Waals surface area contributed by atoms with Crippen LogP contribution in [0.15, 0.2) is 0 Å². The minimum absolute atomic E-state index is 0.0348. The average molecular weight is 222 g/mol. The van der Waals surface area contributed by atoms with Crippen molar-refractivity contribution in [2.75, 3.05) is 26.2 Å². The molecule has 12 heavy (non-hydrogen) atoms. The third kappa shape index (κ3) is 3.35. The van der Waals surface area contributed by atoms with Crippen LogP contribution in [0, 0.1) is 0 Å². The zero-order chi connectivity index (χ0) is 8.97. The van der Waals surface area contributed by atoms with Crippen molar-refractivity contribution in [3.8, 4) is 0 Å². The number of rotatable bonds is 1. The molecular formula is C6H11N2OPS2. The summed E-state index contributed by atoms with van der Waals surface area (Å²) in [4.78, 5) is 13.2. The summed E-state index contributed by atoms with van der Waals surface area (Å²) >= 11 is 8.85. The van der Waals surface area contributed by atoms with E-state index in [9.17, 15) is 4.79 Å². The number of carbonyl (C=O) groups excluding carboxylic acids is 1. The summed E-state index contributed by atoms with van der Waals surface area (Å²) in [5.41, 5.74) is 0. The monoisotopic (exact) mass is 222 g/mol. The van der Waals surface area contributed by atoms with E-state index in [4.69, 9.17) is 12.2 Å². The fourth-order valence-electron chi connectivity index (χ4n) is 1.06. The first-order valence-corrected chi connectivity index (χ1v) is 7.27. The van der Waals surface area contributed by atoms with Crippen LogP contribution in [0.5, 0.6) is 0 Å². The Morgan fingerprint density at radius 2 is 2.17 bits per heavy atom. The number of thiol groups is 1. The van der Waals surface area contributed by atoms with Crippen LogP contribution in [0.3, 0.4) is 0 Å². The third-order valence-electron chi connectivity index (χ3n) is 1.65. The molecule has 3 nitrogen and oxygen atoms in total. The lowest BCUT2D eigenvalue weighted by Gasteiger charge is -2.25. The van der Waals surface area contributed by atoms with Gasteiger partial charge in [0.05, 0.1) is 0 Å². The van der Waals surface area contributed by atoms with Crippen LogP contribution in [0.25, 0.3) is 0 Å². The molecule has 1 rings (SSSR count). The van der Waals surface area contributed by atoms with Gasteiger partial charge in [-0.05, 0) is 0 Å². The van der Waals surface area contributed by atoms with Crippen molar-refractivity contribution in [2.24, 2.45) is 0 Å². The highest BCUT2D eigenvalue weighted by molar-refractivity contribution is 8.71. The van der Waals surface area contributed by atoms with E-state index in [-0.39, 0.29) is 5.91 Å². The van der Waals surface area contributed by atoms with Gasteiger partial charge in [-0.2, -0.15) is 0 Å². The third-order valence-corrected chi connectivity index (χ3v) is 2.75. The highest BCUT2D eigenvalue weighted by Gasteiger charge is 2.15. The Kier molecular flexibility index (Phi) is 4.43. The SMILES string of the molecule is O=C(C=[P+]([S-])S)N1CCNCC1. The quantitative estimate of drug-likeness (QED) is 0.372. The zero-order valence-corrected chi connectivity index (χ0v) is 9.17. The molecule has 0 aliphatic carbocycles. The lowest BCUT2D eigenvalue weighted by Crippen LogP contribution is -2.46. The average Bonchev–Trinajstić information content (AvgIpc) is 2.05. The molecule has 1 atom stereocenters. The molecule has 1 aliphatic heterocycles. The molecule has 0 aromatic heterocycles. The van der Waals surface area contributed by atoms with E-state index in [0.717, 1.165) is 26.2 Å². The number of amides is 1. The predicted octanol–water partition coefficient (Wildman–Crippen LogP) is 0.00900. The zero-order valence-electron chi connectivity index (χ0n) is 6.56. The molecule has 0 spiro atoms. The number of nitrogens with one attached hydrogen (secondary N) is 1. The first-order valence-electron chi connectivity index (χ1n) is 3.70. The topological polar surface area (TPSA) is 32.3 Å². The Balaban J connectivity index is 2.45. The van der Waals surface area contributed by atoms with Gasteiger partial charge in [0.25, 0.3) is 5.91 Å². The normalized spacial score (nSPS) is 19.5. The van der Waals surface area contributed by atoms with Crippen LogP contribution in [-0.2, 0) is 17.0 Å². The molecular weight excluding hydrogens is 211 g/mol. The molecule has 68 valence electrons. The number of nitrogens with zero attached hydrogens (tertiary/aromatic N) is 1. The molecule has 1 aliphatic rings. The summed E-state index contributed by atoms with van der Waals surface area (Å²) in [5.74, 6) is 0.638. The molecule has 1 unspecified atom stereocenters. The van der Waals surface area contributed by atoms with E-state index >= 15 is 0 Å². The van der Waals surface area contributed by atoms with Crippen molar-refractivity contribution in [1.29, 1.82) is 0 Å². The first kappa shape index (κ1) is 10.4. The van der Waals surface area contributed by atoms with Crippen molar-refractivity contribution in [1.82, 2.24) is 10.2 Å². The van der Waals surface area contributed by atoms with Crippen molar-refractivity contribution in [2.45, 2.75) is 0 Å². The van der Waals surface area contributed by atoms with E-state index in [1.807, 2.05) is 0 Å². The lowest BCUT2D eigenvalue weighted by atomic mass is 10.4. The van der Waals surface area contributed by atoms with Gasteiger partial charge in [0.1, 0.15) is 0 Å². The van der Waals surface area contributed by atoms with Gasteiger partial charge in [0.2, 0.25) is 0 Å². The molecule has 0 aromatic carbocycles. The van der Waals surface area contributed by atoms with Crippen LogP contribution >= 0.6 is 18.2 Å². The molecule has 0 bridgehead atoms. The molecule has 1 N–H and O–H groups in total. The van der Waals surface area contributed by atoms with Crippen LogP contribution in [0.2, 0.25) is 0 Å². The second-order valence-electron chi connectivity index (χ2n) is 2.51. The first-order chi connectivity index (χ1) is 5.70. The highest BCUT2D eigenvalue weighted by Crippen LogP contribution is 2.22. The summed E-state index contributed by atoms with van der Waals surface area (Å²) in [6, 6.07) is 0. The Morgan fingerprint density at radius 1 is 1.58 bits per heavy atom. The van der Waals surface area contributed by atoms with Crippen molar-refractivity contribution in [3.63, 3.8) is 0 Å². The van der Waals surface area contributed by atoms with Gasteiger partial charge in [0, 0.05) is 44.4 Å². The molecule has 1 fully saturated rings. The highest BCUT2D eigenvalue weighted by atomic mass is 33.0. The summed E-state index contributed by atoms with van der Waals surface area (Å²) in [6.07, 6.45) is 0. The standard InChI is InChI=1S/C6H11N2OPS2/c9-6(5-10(11)12)8-3-1-7-2-4-8/h5,7H,1-4H2,(H,11,12). The fraction of sp³-hybridized carbons (Fsp3) is 0.667. The molecule has 1 saturated heterocycles. The van der Waals surface area contributed by atoms with Crippen LogP contribution in [0.1, 0.15) is 0 Å². The van der Waals surface area contributed by atoms with Gasteiger partial charge < -0.3 is 22.5 Å². The van der Waals surface area contributed by atoms with Crippen molar-refractivity contribution in [3.05, 3.63) is 0 Å². The molecule has 0 radical (unpaired) electrons. The van der Waals surface area contributed by atoms with E-state index in [1.54, 1.807) is 4.90 Å². The van der Waals surface area contributed by atoms with Gasteiger partial charge >= 0.3 is 0 Å². The Hall–Kier alpha value is 0.300. The maximum Gasteiger partial charge on any atom is 0.288 e. The van der Waals surface area contributed by atoms with E-state index in [0.29, 0.717) is 0 Å². The van der Waals surface area contributed by atoms with E-state index in [2.05, 4.69) is 17.6 Å². The maximum absolute atomic E-state index is 11.4. The Labute approximate surface area is 83.6 Å². The summed E-state index contributed by atoms with van der Waals surface area (Å²) < 4.78 is 0.